The van der Waals surface area contributed by atoms with E-state index in [1.54, 1.807) is 20.0 Å². The topological polar surface area (TPSA) is 99.3 Å². The lowest BCUT2D eigenvalue weighted by molar-refractivity contribution is -0.384. The van der Waals surface area contributed by atoms with Crippen molar-refractivity contribution in [2.45, 2.75) is 27.7 Å². The van der Waals surface area contributed by atoms with E-state index in [1.165, 1.54) is 16.8 Å². The summed E-state index contributed by atoms with van der Waals surface area (Å²) >= 11 is 3.36. The second-order valence-corrected chi connectivity index (χ2v) is 7.90. The summed E-state index contributed by atoms with van der Waals surface area (Å²) in [5.41, 5.74) is 4.04. The van der Waals surface area contributed by atoms with E-state index in [1.807, 2.05) is 32.9 Å². The molecule has 1 amide bonds. The minimum absolute atomic E-state index is 0.190. The second-order valence-electron chi connectivity index (χ2n) is 7.11. The Labute approximate surface area is 182 Å². The Morgan fingerprint density at radius 3 is 2.47 bits per heavy atom. The lowest BCUT2D eigenvalue weighted by Crippen LogP contribution is -2.16. The van der Waals surface area contributed by atoms with Gasteiger partial charge in [-0.1, -0.05) is 6.07 Å². The van der Waals surface area contributed by atoms with Gasteiger partial charge in [-0.3, -0.25) is 19.6 Å². The number of rotatable bonds is 5. The molecule has 0 atom stereocenters. The Morgan fingerprint density at radius 1 is 1.17 bits per heavy atom. The van der Waals surface area contributed by atoms with Crippen LogP contribution in [0.1, 0.15) is 32.9 Å². The van der Waals surface area contributed by atoms with Gasteiger partial charge in [0.15, 0.2) is 0 Å². The first-order valence-corrected chi connectivity index (χ1v) is 9.91. The summed E-state index contributed by atoms with van der Waals surface area (Å²) in [7, 11) is 1.65. The normalized spacial score (nSPS) is 10.7. The maximum atomic E-state index is 12.8. The fourth-order valence-corrected chi connectivity index (χ4v) is 3.64. The number of non-ortho nitro benzene ring substituents is 1. The Morgan fingerprint density at radius 2 is 1.87 bits per heavy atom. The Kier molecular flexibility index (Phi) is 5.93. The summed E-state index contributed by atoms with van der Waals surface area (Å²) in [6.45, 7) is 7.62. The zero-order chi connectivity index (χ0) is 22.2. The molecule has 0 unspecified atom stereocenters. The van der Waals surface area contributed by atoms with Gasteiger partial charge in [-0.2, -0.15) is 5.10 Å². The molecule has 1 aromatic heterocycles. The van der Waals surface area contributed by atoms with Gasteiger partial charge in [-0.25, -0.2) is 0 Å². The van der Waals surface area contributed by atoms with Gasteiger partial charge in [-0.05, 0) is 66.4 Å². The molecule has 3 rings (SSSR count). The third kappa shape index (κ3) is 4.35. The number of amides is 1. The van der Waals surface area contributed by atoms with Gasteiger partial charge in [0.05, 0.1) is 26.8 Å². The highest BCUT2D eigenvalue weighted by molar-refractivity contribution is 9.10. The van der Waals surface area contributed by atoms with Crippen molar-refractivity contribution < 1.29 is 14.5 Å². The largest absolute Gasteiger partial charge is 0.457 e. The highest BCUT2D eigenvalue weighted by atomic mass is 79.9. The van der Waals surface area contributed by atoms with E-state index in [0.29, 0.717) is 21.6 Å². The fraction of sp³-hybridized carbons (Fsp3) is 0.238. The summed E-state index contributed by atoms with van der Waals surface area (Å²) < 4.78 is 7.97. The number of aryl methyl sites for hydroxylation is 4. The first-order valence-electron chi connectivity index (χ1n) is 9.12. The quantitative estimate of drug-likeness (QED) is 0.397. The maximum Gasteiger partial charge on any atom is 0.275 e. The van der Waals surface area contributed by atoms with E-state index < -0.39 is 10.8 Å². The van der Waals surface area contributed by atoms with Gasteiger partial charge in [0.1, 0.15) is 17.2 Å². The Bertz CT molecular complexity index is 1170. The standard InChI is InChI=1S/C21H21BrN4O4/c1-11-6-12(2)13(3)18(7-11)30-17-9-15(8-16(10-17)26(28)29)23-21(27)20-19(22)14(4)24-25(20)5/h6-10H,1-5H3,(H,23,27). The van der Waals surface area contributed by atoms with Crippen molar-refractivity contribution in [3.63, 3.8) is 0 Å². The van der Waals surface area contributed by atoms with Gasteiger partial charge >= 0.3 is 0 Å². The summed E-state index contributed by atoms with van der Waals surface area (Å²) in [5.74, 6) is 0.419. The number of halogens is 1. The third-order valence-electron chi connectivity index (χ3n) is 4.72. The highest BCUT2D eigenvalue weighted by Gasteiger charge is 2.20. The number of nitro groups is 1. The Hall–Kier alpha value is -3.20. The van der Waals surface area contributed by atoms with E-state index in [2.05, 4.69) is 26.3 Å². The molecule has 0 aliphatic carbocycles. The molecule has 8 nitrogen and oxygen atoms in total. The van der Waals surface area contributed by atoms with E-state index in [9.17, 15) is 14.9 Å². The predicted molar refractivity (Wildman–Crippen MR) is 117 cm³/mol. The number of benzene rings is 2. The molecule has 3 aromatic rings. The number of hydrogen-bond acceptors (Lipinski definition) is 5. The average molecular weight is 473 g/mol. The molecular formula is C21H21BrN4O4. The first-order chi connectivity index (χ1) is 14.1. The summed E-state index contributed by atoms with van der Waals surface area (Å²) in [6.07, 6.45) is 0. The van der Waals surface area contributed by atoms with Crippen LogP contribution in [0.25, 0.3) is 0 Å². The number of nitrogens with one attached hydrogen (secondary N) is 1. The molecule has 2 aromatic carbocycles. The maximum absolute atomic E-state index is 12.8. The van der Waals surface area contributed by atoms with E-state index in [-0.39, 0.29) is 17.1 Å². The molecule has 1 heterocycles. The number of hydrogen-bond donors (Lipinski definition) is 1. The molecular weight excluding hydrogens is 452 g/mol. The number of aromatic nitrogens is 2. The molecule has 9 heteroatoms. The summed E-state index contributed by atoms with van der Waals surface area (Å²) in [4.78, 5) is 23.6. The van der Waals surface area contributed by atoms with Gasteiger partial charge in [0.25, 0.3) is 11.6 Å². The lowest BCUT2D eigenvalue weighted by Gasteiger charge is -2.13. The van der Waals surface area contributed by atoms with Gasteiger partial charge < -0.3 is 10.1 Å². The lowest BCUT2D eigenvalue weighted by atomic mass is 10.1. The van der Waals surface area contributed by atoms with Crippen LogP contribution in [0.3, 0.4) is 0 Å². The number of ether oxygens (including phenoxy) is 1. The molecule has 1 N–H and O–H groups in total. The van der Waals surface area contributed by atoms with Crippen molar-refractivity contribution in [2.75, 3.05) is 5.32 Å². The van der Waals surface area contributed by atoms with Gasteiger partial charge in [0, 0.05) is 19.2 Å². The minimum atomic E-state index is -0.527. The molecule has 0 bridgehead atoms. The number of carbonyl (C=O) groups is 1. The molecule has 0 fully saturated rings. The molecule has 0 saturated carbocycles. The molecule has 0 spiro atoms. The number of carbonyl (C=O) groups excluding carboxylic acids is 1. The van der Waals surface area contributed by atoms with Crippen molar-refractivity contribution in [2.24, 2.45) is 7.05 Å². The van der Waals surface area contributed by atoms with Crippen LogP contribution in [0.15, 0.2) is 34.8 Å². The zero-order valence-electron chi connectivity index (χ0n) is 17.2. The molecule has 30 heavy (non-hydrogen) atoms. The first kappa shape index (κ1) is 21.5. The van der Waals surface area contributed by atoms with Crippen molar-refractivity contribution in [1.82, 2.24) is 9.78 Å². The van der Waals surface area contributed by atoms with E-state index in [0.717, 1.165) is 16.7 Å². The number of nitro benzene ring substituents is 1. The monoisotopic (exact) mass is 472 g/mol. The fourth-order valence-electron chi connectivity index (χ4n) is 3.12. The SMILES string of the molecule is Cc1cc(C)c(C)c(Oc2cc(NC(=O)c3c(Br)c(C)nn3C)cc([N+](=O)[O-])c2)c1. The minimum Gasteiger partial charge on any atom is -0.457 e. The number of nitrogens with zero attached hydrogens (tertiary/aromatic N) is 3. The molecule has 156 valence electrons. The zero-order valence-corrected chi connectivity index (χ0v) is 18.8. The van der Waals surface area contributed by atoms with Gasteiger partial charge in [-0.15, -0.1) is 0 Å². The van der Waals surface area contributed by atoms with Crippen molar-refractivity contribution >= 4 is 33.2 Å². The third-order valence-corrected chi connectivity index (χ3v) is 5.67. The second kappa shape index (κ2) is 8.27. The van der Waals surface area contributed by atoms with Crippen LogP contribution in [-0.2, 0) is 7.05 Å². The van der Waals surface area contributed by atoms with Crippen LogP contribution in [0.4, 0.5) is 11.4 Å². The van der Waals surface area contributed by atoms with Crippen LogP contribution >= 0.6 is 15.9 Å². The van der Waals surface area contributed by atoms with Crippen LogP contribution in [-0.4, -0.2) is 20.6 Å². The van der Waals surface area contributed by atoms with Crippen LogP contribution in [0, 0.1) is 37.8 Å². The summed E-state index contributed by atoms with van der Waals surface area (Å²) in [6, 6.07) is 8.08. The predicted octanol–water partition coefficient (Wildman–Crippen LogP) is 5.37. The van der Waals surface area contributed by atoms with Crippen LogP contribution in [0.5, 0.6) is 11.5 Å². The van der Waals surface area contributed by atoms with E-state index >= 15 is 0 Å². The molecule has 0 aliphatic heterocycles. The summed E-state index contributed by atoms with van der Waals surface area (Å²) in [5, 5.41) is 18.3. The molecule has 0 aliphatic rings. The van der Waals surface area contributed by atoms with Gasteiger partial charge in [0.2, 0.25) is 0 Å². The van der Waals surface area contributed by atoms with Crippen LogP contribution in [0.2, 0.25) is 0 Å². The molecule has 0 radical (unpaired) electrons. The van der Waals surface area contributed by atoms with Crippen molar-refractivity contribution in [1.29, 1.82) is 0 Å². The highest BCUT2D eigenvalue weighted by Crippen LogP contribution is 2.33. The van der Waals surface area contributed by atoms with Crippen LogP contribution < -0.4 is 10.1 Å². The van der Waals surface area contributed by atoms with Crippen molar-refractivity contribution in [3.05, 3.63) is 73.0 Å². The smallest absolute Gasteiger partial charge is 0.275 e. The van der Waals surface area contributed by atoms with Crippen molar-refractivity contribution in [3.8, 4) is 11.5 Å². The number of anilines is 1. The molecule has 0 saturated heterocycles. The Balaban J connectivity index is 1.97. The van der Waals surface area contributed by atoms with E-state index in [4.69, 9.17) is 4.74 Å². The average Bonchev–Trinajstić information content (AvgIpc) is 2.90.